The quantitative estimate of drug-likeness (QED) is 0.239. The molecule has 1 aromatic heterocycles. The minimum atomic E-state index is -4.99. The third-order valence-electron chi connectivity index (χ3n) is 7.86. The van der Waals surface area contributed by atoms with Crippen LogP contribution in [0.3, 0.4) is 0 Å². The molecular weight excluding hydrogens is 590 g/mol. The number of carbonyl (C=O) groups excluding carboxylic acids is 1. The third kappa shape index (κ3) is 6.94. The van der Waals surface area contributed by atoms with Gasteiger partial charge < -0.3 is 9.64 Å². The second-order valence-corrected chi connectivity index (χ2v) is 11.8. The summed E-state index contributed by atoms with van der Waals surface area (Å²) in [6.07, 6.45) is -8.07. The second kappa shape index (κ2) is 11.9. The third-order valence-corrected chi connectivity index (χ3v) is 7.86. The van der Waals surface area contributed by atoms with Crippen molar-refractivity contribution in [2.75, 3.05) is 9.80 Å². The number of fused-ring (bicyclic) bond motifs is 1. The zero-order chi connectivity index (χ0) is 32.0. The number of alkyl halides is 6. The second-order valence-electron chi connectivity index (χ2n) is 11.8. The highest BCUT2D eigenvalue weighted by molar-refractivity contribution is 5.90. The maximum absolute atomic E-state index is 13.8. The molecule has 0 saturated heterocycles. The molecule has 0 radical (unpaired) electrons. The number of nitrogens with zero attached hydrogens (tertiary/aromatic N) is 6. The molecule has 0 bridgehead atoms. The van der Waals surface area contributed by atoms with E-state index in [1.165, 1.54) is 4.80 Å². The van der Waals surface area contributed by atoms with Crippen molar-refractivity contribution in [1.82, 2.24) is 20.2 Å². The van der Waals surface area contributed by atoms with Crippen LogP contribution in [0.2, 0.25) is 0 Å². The van der Waals surface area contributed by atoms with Gasteiger partial charge in [0.05, 0.1) is 35.5 Å². The summed E-state index contributed by atoms with van der Waals surface area (Å²) >= 11 is 0. The fraction of sp³-hybridized carbons (Fsp3) is 0.533. The Bertz CT molecular complexity index is 1470. The number of benzene rings is 2. The lowest BCUT2D eigenvalue weighted by molar-refractivity contribution is -0.143. The minimum Gasteiger partial charge on any atom is -0.446 e. The first-order valence-corrected chi connectivity index (χ1v) is 14.6. The van der Waals surface area contributed by atoms with Crippen molar-refractivity contribution in [2.24, 2.45) is 5.92 Å². The molecule has 0 N–H and O–H groups in total. The number of rotatable bonds is 8. The lowest BCUT2D eigenvalue weighted by Crippen LogP contribution is -2.48. The van der Waals surface area contributed by atoms with E-state index in [0.717, 1.165) is 30.5 Å². The van der Waals surface area contributed by atoms with Crippen LogP contribution in [-0.2, 0) is 30.2 Å². The summed E-state index contributed by atoms with van der Waals surface area (Å²) in [5.41, 5.74) is -0.973. The summed E-state index contributed by atoms with van der Waals surface area (Å²) in [4.78, 5) is 17.9. The van der Waals surface area contributed by atoms with E-state index in [-0.39, 0.29) is 30.2 Å². The van der Waals surface area contributed by atoms with Crippen LogP contribution in [0.5, 0.6) is 0 Å². The topological polar surface area (TPSA) is 76.4 Å². The highest BCUT2D eigenvalue weighted by Gasteiger charge is 2.41. The van der Waals surface area contributed by atoms with E-state index in [1.807, 2.05) is 26.0 Å². The lowest BCUT2D eigenvalue weighted by Gasteiger charge is -2.44. The molecule has 1 amide bonds. The summed E-state index contributed by atoms with van der Waals surface area (Å²) in [5, 5.41) is 12.9. The normalized spacial score (nSPS) is 18.8. The van der Waals surface area contributed by atoms with Crippen LogP contribution in [0.4, 0.5) is 42.8 Å². The van der Waals surface area contributed by atoms with Crippen LogP contribution >= 0.6 is 0 Å². The maximum atomic E-state index is 13.8. The first-order valence-electron chi connectivity index (χ1n) is 14.6. The van der Waals surface area contributed by atoms with E-state index in [4.69, 9.17) is 4.74 Å². The summed E-state index contributed by atoms with van der Waals surface area (Å²) in [7, 11) is 0. The molecule has 2 aliphatic rings. The summed E-state index contributed by atoms with van der Waals surface area (Å²) in [6.45, 7) is 7.38. The van der Waals surface area contributed by atoms with Gasteiger partial charge in [-0.2, -0.15) is 31.1 Å². The van der Waals surface area contributed by atoms with Gasteiger partial charge in [0.15, 0.2) is 0 Å². The predicted molar refractivity (Wildman–Crippen MR) is 150 cm³/mol. The number of aromatic nitrogens is 4. The van der Waals surface area contributed by atoms with Gasteiger partial charge in [-0.25, -0.2) is 4.79 Å². The van der Waals surface area contributed by atoms with Crippen LogP contribution in [0.25, 0.3) is 0 Å². The number of ether oxygens (including phenoxy) is 1. The molecule has 0 unspecified atom stereocenters. The Morgan fingerprint density at radius 3 is 2.27 bits per heavy atom. The Labute approximate surface area is 251 Å². The van der Waals surface area contributed by atoms with Crippen molar-refractivity contribution in [1.29, 1.82) is 0 Å². The number of tetrazole rings is 1. The van der Waals surface area contributed by atoms with E-state index < -0.39 is 41.7 Å². The molecule has 3 aromatic rings. The number of hydrogen-bond acceptors (Lipinski definition) is 6. The number of hydrogen-bond donors (Lipinski definition) is 0. The molecule has 1 aliphatic heterocycles. The molecule has 5 rings (SSSR count). The standard InChI is InChI=1S/C30H34F6N6O2/c1-5-23-14-26(24-10-18(4)6-9-25(24)42(23)28(43)44-17(2)3)40(27-37-39-41(38-27)16-19-7-8-19)15-20-11-21(29(31,32)33)13-22(12-20)30(34,35)36/h6,9-13,17,19,23,26H,5,7-8,14-16H2,1-4H3/t23-,26+/m1/s1. The van der Waals surface area contributed by atoms with Crippen LogP contribution in [0, 0.1) is 12.8 Å². The molecule has 2 heterocycles. The fourth-order valence-corrected chi connectivity index (χ4v) is 5.58. The number of halogens is 6. The summed E-state index contributed by atoms with van der Waals surface area (Å²) < 4.78 is 88.1. The molecule has 1 fully saturated rings. The largest absolute Gasteiger partial charge is 0.446 e. The van der Waals surface area contributed by atoms with Gasteiger partial charge in [-0.1, -0.05) is 29.7 Å². The van der Waals surface area contributed by atoms with Crippen molar-refractivity contribution < 1.29 is 35.9 Å². The van der Waals surface area contributed by atoms with Gasteiger partial charge in [0, 0.05) is 12.6 Å². The van der Waals surface area contributed by atoms with E-state index in [9.17, 15) is 31.1 Å². The van der Waals surface area contributed by atoms with Crippen molar-refractivity contribution >= 4 is 17.7 Å². The molecule has 8 nitrogen and oxygen atoms in total. The molecule has 238 valence electrons. The Morgan fingerprint density at radius 2 is 1.70 bits per heavy atom. The van der Waals surface area contributed by atoms with Crippen molar-refractivity contribution in [3.05, 3.63) is 64.2 Å². The number of aryl methyl sites for hydroxylation is 1. The summed E-state index contributed by atoms with van der Waals surface area (Å²) in [5.74, 6) is 0.466. The van der Waals surface area contributed by atoms with Crippen molar-refractivity contribution in [3.8, 4) is 0 Å². The molecule has 14 heteroatoms. The first kappa shape index (κ1) is 31.6. The number of amides is 1. The first-order chi connectivity index (χ1) is 20.6. The van der Waals surface area contributed by atoms with Crippen LogP contribution < -0.4 is 9.80 Å². The van der Waals surface area contributed by atoms with Crippen LogP contribution in [0.15, 0.2) is 36.4 Å². The van der Waals surface area contributed by atoms with Gasteiger partial charge in [0.2, 0.25) is 0 Å². The maximum Gasteiger partial charge on any atom is 0.416 e. The Morgan fingerprint density at radius 1 is 1.05 bits per heavy atom. The minimum absolute atomic E-state index is 0.0714. The predicted octanol–water partition coefficient (Wildman–Crippen LogP) is 7.71. The fourth-order valence-electron chi connectivity index (χ4n) is 5.58. The van der Waals surface area contributed by atoms with Crippen molar-refractivity contribution in [2.45, 2.75) is 97.0 Å². The highest BCUT2D eigenvalue weighted by atomic mass is 19.4. The molecule has 2 atom stereocenters. The van der Waals surface area contributed by atoms with Gasteiger partial charge >= 0.3 is 18.4 Å². The molecule has 2 aromatic carbocycles. The van der Waals surface area contributed by atoms with E-state index >= 15 is 0 Å². The Hall–Kier alpha value is -3.84. The Kier molecular flexibility index (Phi) is 8.56. The molecular formula is C30H34F6N6O2. The zero-order valence-corrected chi connectivity index (χ0v) is 24.8. The monoisotopic (exact) mass is 624 g/mol. The Balaban J connectivity index is 1.63. The van der Waals surface area contributed by atoms with Crippen molar-refractivity contribution in [3.63, 3.8) is 0 Å². The SMILES string of the molecule is CC[C@@H]1C[C@H](N(Cc2cc(C(F)(F)F)cc(C(F)(F)F)c2)c2nnn(CC3CC3)n2)c2cc(C)ccc2N1C(=O)OC(C)C. The molecule has 44 heavy (non-hydrogen) atoms. The number of anilines is 2. The van der Waals surface area contributed by atoms with Gasteiger partial charge in [-0.3, -0.25) is 4.90 Å². The molecule has 1 saturated carbocycles. The molecule has 1 aliphatic carbocycles. The van der Waals surface area contributed by atoms with Gasteiger partial charge in [0.25, 0.3) is 5.95 Å². The van der Waals surface area contributed by atoms with E-state index in [0.29, 0.717) is 36.6 Å². The molecule has 0 spiro atoms. The zero-order valence-electron chi connectivity index (χ0n) is 24.8. The van der Waals surface area contributed by atoms with E-state index in [2.05, 4.69) is 15.4 Å². The smallest absolute Gasteiger partial charge is 0.416 e. The van der Waals surface area contributed by atoms with Gasteiger partial charge in [-0.15, -0.1) is 5.10 Å². The summed E-state index contributed by atoms with van der Waals surface area (Å²) in [6, 6.07) is 6.03. The van der Waals surface area contributed by atoms with E-state index in [1.54, 1.807) is 29.7 Å². The van der Waals surface area contributed by atoms with Crippen LogP contribution in [0.1, 0.15) is 80.3 Å². The van der Waals surface area contributed by atoms with Gasteiger partial charge in [0.1, 0.15) is 0 Å². The van der Waals surface area contributed by atoms with Crippen LogP contribution in [-0.4, -0.2) is 38.4 Å². The highest BCUT2D eigenvalue weighted by Crippen LogP contribution is 2.44. The average Bonchev–Trinajstić information content (AvgIpc) is 3.63. The number of carbonyl (C=O) groups is 1. The average molecular weight is 625 g/mol. The lowest BCUT2D eigenvalue weighted by atomic mass is 9.87. The van der Waals surface area contributed by atoms with Gasteiger partial charge in [-0.05, 0) is 93.0 Å².